The van der Waals surface area contributed by atoms with Crippen LogP contribution >= 0.6 is 0 Å². The lowest BCUT2D eigenvalue weighted by molar-refractivity contribution is -0.178. The molecular weight excluding hydrogens is 1330 g/mol. The molecule has 0 radical (unpaired) electrons. The van der Waals surface area contributed by atoms with Crippen LogP contribution in [-0.4, -0.2) is 78.9 Å². The second-order valence-electron chi connectivity index (χ2n) is 30.1. The van der Waals surface area contributed by atoms with Crippen LogP contribution in [0.1, 0.15) is 166 Å². The molecule has 560 valence electrons. The lowest BCUT2D eigenvalue weighted by Gasteiger charge is -2.46. The number of hydrogen-bond donors (Lipinski definition) is 0. The van der Waals surface area contributed by atoms with Crippen molar-refractivity contribution in [2.75, 3.05) is 26.2 Å². The van der Waals surface area contributed by atoms with E-state index in [1.807, 2.05) is 112 Å². The van der Waals surface area contributed by atoms with E-state index in [2.05, 4.69) is 4.90 Å². The lowest BCUT2D eigenvalue weighted by atomic mass is 9.57. The van der Waals surface area contributed by atoms with Gasteiger partial charge in [0, 0.05) is 6.54 Å². The minimum Gasteiger partial charge on any atom is -0.464 e. The summed E-state index contributed by atoms with van der Waals surface area (Å²) in [6.45, 7) is 19.5. The van der Waals surface area contributed by atoms with Gasteiger partial charge in [-0.2, -0.15) is 0 Å². The molecule has 8 unspecified atom stereocenters. The Bertz CT molecular complexity index is 3900. The number of carbonyl (C=O) groups is 8. The van der Waals surface area contributed by atoms with Gasteiger partial charge < -0.3 is 42.8 Å². The zero-order valence-corrected chi connectivity index (χ0v) is 63.2. The summed E-state index contributed by atoms with van der Waals surface area (Å²) in [6.07, 6.45) is -2.56. The first-order valence-corrected chi connectivity index (χ1v) is 36.5. The number of benzene rings is 7. The number of nitrogens with zero attached hydrogens (tertiary/aromatic N) is 1. The molecule has 0 amide bonds. The molecular formula is C88H107NO16. The van der Waals surface area contributed by atoms with Crippen LogP contribution in [0.15, 0.2) is 212 Å². The van der Waals surface area contributed by atoms with Crippen molar-refractivity contribution in [1.82, 2.24) is 4.90 Å². The molecule has 0 spiro atoms. The number of carbonyl (C=O) groups excluding carboxylic acids is 8. The molecule has 0 saturated heterocycles. The molecule has 7 aromatic rings. The Morgan fingerprint density at radius 1 is 0.286 bits per heavy atom. The van der Waals surface area contributed by atoms with E-state index < -0.39 is 124 Å². The van der Waals surface area contributed by atoms with E-state index in [1.165, 1.54) is 0 Å². The SMILES string of the molecule is CCN(CC)CCOC(=O)C(C)CC(C)(CC(C)(CC(C)(CC(C)(CC(C)(CC(C)(CC(C)(CC)C(=O)OCc1ccccc1)C(=O)OCc1ccccc1)C(=O)OCc1ccccc1)C(=O)OCc1ccccc1)C(=O)OCc1ccccc1)C(=O)OCc1ccccc1)C(=O)OCc1ccccc1. The quantitative estimate of drug-likeness (QED) is 0.0257. The van der Waals surface area contributed by atoms with Crippen LogP contribution in [0.3, 0.4) is 0 Å². The molecule has 0 heterocycles. The average molecular weight is 1430 g/mol. The van der Waals surface area contributed by atoms with E-state index in [9.17, 15) is 9.59 Å². The van der Waals surface area contributed by atoms with Crippen molar-refractivity contribution in [1.29, 1.82) is 0 Å². The first kappa shape index (κ1) is 82.5. The van der Waals surface area contributed by atoms with Crippen molar-refractivity contribution < 1.29 is 76.3 Å². The van der Waals surface area contributed by atoms with Crippen LogP contribution in [0, 0.1) is 43.8 Å². The van der Waals surface area contributed by atoms with Gasteiger partial charge in [-0.05, 0) is 152 Å². The van der Waals surface area contributed by atoms with Crippen molar-refractivity contribution >= 4 is 47.8 Å². The van der Waals surface area contributed by atoms with Crippen LogP contribution < -0.4 is 0 Å². The van der Waals surface area contributed by atoms with Gasteiger partial charge in [0.25, 0.3) is 0 Å². The first-order chi connectivity index (χ1) is 50.1. The predicted molar refractivity (Wildman–Crippen MR) is 401 cm³/mol. The van der Waals surface area contributed by atoms with Crippen molar-refractivity contribution in [2.45, 2.75) is 174 Å². The Hall–Kier alpha value is -9.74. The highest BCUT2D eigenvalue weighted by atomic mass is 16.6. The van der Waals surface area contributed by atoms with E-state index >= 15 is 28.8 Å². The predicted octanol–water partition coefficient (Wildman–Crippen LogP) is 16.9. The largest absolute Gasteiger partial charge is 0.464 e. The van der Waals surface area contributed by atoms with Gasteiger partial charge in [-0.1, -0.05) is 240 Å². The first-order valence-electron chi connectivity index (χ1n) is 36.5. The molecule has 7 aromatic carbocycles. The molecule has 0 bridgehead atoms. The molecule has 17 heteroatoms. The second kappa shape index (κ2) is 38.9. The van der Waals surface area contributed by atoms with Gasteiger partial charge in [-0.25, -0.2) is 0 Å². The Morgan fingerprint density at radius 3 is 0.686 bits per heavy atom. The summed E-state index contributed by atoms with van der Waals surface area (Å²) >= 11 is 0. The molecule has 7 rings (SSSR count). The highest BCUT2D eigenvalue weighted by Gasteiger charge is 2.59. The number of likely N-dealkylation sites (N-methyl/N-ethyl adjacent to an activating group) is 1. The normalized spacial score (nSPS) is 15.7. The molecule has 0 N–H and O–H groups in total. The Kier molecular flexibility index (Phi) is 30.5. The Labute approximate surface area is 621 Å². The topological polar surface area (TPSA) is 214 Å². The summed E-state index contributed by atoms with van der Waals surface area (Å²) < 4.78 is 50.0. The van der Waals surface area contributed by atoms with E-state index in [4.69, 9.17) is 37.9 Å². The van der Waals surface area contributed by atoms with E-state index in [1.54, 1.807) is 177 Å². The van der Waals surface area contributed by atoms with Crippen LogP contribution in [0.5, 0.6) is 0 Å². The standard InChI is InChI=1S/C88H107NO16/c1-12-82(5,75(91)99-53-67-36-22-15-23-37-67)60-84(7,77(93)101-55-69-40-26-17-27-41-69)62-86(9,79(95)103-57-71-44-30-19-31-45-71)64-88(11,81(97)105-59-73-48-34-21-35-49-73)65-87(10,80(96)104-58-72-46-32-20-33-47-72)63-85(8,78(94)102-56-70-42-28-18-29-43-70)61-83(6,76(92)100-54-68-38-24-16-25-39-68)52-66(4)74(90)98-51-50-89(13-2)14-3/h15-49,66H,12-14,50-65H2,1-11H3. The zero-order valence-electron chi connectivity index (χ0n) is 63.2. The van der Waals surface area contributed by atoms with Gasteiger partial charge in [0.15, 0.2) is 0 Å². The molecule has 105 heavy (non-hydrogen) atoms. The van der Waals surface area contributed by atoms with E-state index in [0.29, 0.717) is 39.9 Å². The summed E-state index contributed by atoms with van der Waals surface area (Å²) in [5.41, 5.74) is -8.18. The summed E-state index contributed by atoms with van der Waals surface area (Å²) in [6, 6.07) is 63.3. The van der Waals surface area contributed by atoms with Gasteiger partial charge in [0.05, 0.1) is 43.8 Å². The fourth-order valence-electron chi connectivity index (χ4n) is 14.8. The molecule has 0 aromatic heterocycles. The third-order valence-electron chi connectivity index (χ3n) is 20.1. The fraction of sp³-hybridized carbons (Fsp3) is 0.432. The van der Waals surface area contributed by atoms with Gasteiger partial charge in [-0.15, -0.1) is 0 Å². The van der Waals surface area contributed by atoms with Crippen LogP contribution in [0.2, 0.25) is 0 Å². The van der Waals surface area contributed by atoms with Gasteiger partial charge in [0.2, 0.25) is 0 Å². The number of esters is 8. The van der Waals surface area contributed by atoms with Crippen LogP contribution in [0.4, 0.5) is 0 Å². The molecule has 8 atom stereocenters. The Balaban J connectivity index is 1.43. The van der Waals surface area contributed by atoms with Crippen LogP contribution in [-0.2, 0) is 122 Å². The third-order valence-corrected chi connectivity index (χ3v) is 20.1. The van der Waals surface area contributed by atoms with Crippen molar-refractivity contribution in [3.05, 3.63) is 251 Å². The van der Waals surface area contributed by atoms with Crippen molar-refractivity contribution in [3.63, 3.8) is 0 Å². The smallest absolute Gasteiger partial charge is 0.312 e. The molecule has 0 saturated carbocycles. The monoisotopic (exact) mass is 1430 g/mol. The zero-order chi connectivity index (χ0) is 76.2. The number of ether oxygens (including phenoxy) is 8. The number of hydrogen-bond acceptors (Lipinski definition) is 17. The molecule has 0 aliphatic heterocycles. The van der Waals surface area contributed by atoms with Gasteiger partial charge in [-0.3, -0.25) is 38.4 Å². The summed E-state index contributed by atoms with van der Waals surface area (Å²) in [4.78, 5) is 127. The maximum absolute atomic E-state index is 16.2. The molecule has 0 fully saturated rings. The van der Waals surface area contributed by atoms with Crippen molar-refractivity contribution in [3.8, 4) is 0 Å². The van der Waals surface area contributed by atoms with E-state index in [-0.39, 0.29) is 72.1 Å². The van der Waals surface area contributed by atoms with Crippen molar-refractivity contribution in [2.24, 2.45) is 43.8 Å². The molecule has 0 aliphatic carbocycles. The highest BCUT2D eigenvalue weighted by Crippen LogP contribution is 2.56. The minimum absolute atomic E-state index is 0.0590. The molecule has 0 aliphatic rings. The summed E-state index contributed by atoms with van der Waals surface area (Å²) in [5.74, 6) is -7.05. The highest BCUT2D eigenvalue weighted by molar-refractivity contribution is 5.87. The fourth-order valence-corrected chi connectivity index (χ4v) is 14.8. The van der Waals surface area contributed by atoms with Gasteiger partial charge in [0.1, 0.15) is 52.9 Å². The lowest BCUT2D eigenvalue weighted by Crippen LogP contribution is -2.50. The summed E-state index contributed by atoms with van der Waals surface area (Å²) in [7, 11) is 0. The maximum Gasteiger partial charge on any atom is 0.312 e. The Morgan fingerprint density at radius 2 is 0.476 bits per heavy atom. The second-order valence-corrected chi connectivity index (χ2v) is 30.1. The third kappa shape index (κ3) is 24.4. The minimum atomic E-state index is -2.01. The van der Waals surface area contributed by atoms with Gasteiger partial charge >= 0.3 is 47.8 Å². The average Bonchev–Trinajstić information content (AvgIpc) is 0.756. The maximum atomic E-state index is 16.2. The van der Waals surface area contributed by atoms with Crippen LogP contribution in [0.25, 0.3) is 0 Å². The number of rotatable bonds is 42. The van der Waals surface area contributed by atoms with E-state index in [0.717, 1.165) is 18.7 Å². The molecule has 17 nitrogen and oxygen atoms in total. The summed E-state index contributed by atoms with van der Waals surface area (Å²) in [5, 5.41) is 0.